The van der Waals surface area contributed by atoms with Crippen molar-refractivity contribution >= 4 is 11.9 Å². The number of carbonyl (C=O) groups excluding carboxylic acids is 1. The smallest absolute Gasteiger partial charge is 0.309 e. The van der Waals surface area contributed by atoms with Gasteiger partial charge in [-0.05, 0) is 26.8 Å². The zero-order valence-corrected chi connectivity index (χ0v) is 11.4. The molecule has 2 rings (SSSR count). The van der Waals surface area contributed by atoms with Crippen molar-refractivity contribution < 1.29 is 14.7 Å². The van der Waals surface area contributed by atoms with Crippen molar-refractivity contribution in [3.05, 3.63) is 18.0 Å². The fourth-order valence-corrected chi connectivity index (χ4v) is 2.79. The number of amides is 1. The molecule has 0 aromatic carbocycles. The number of hydrogen-bond donors (Lipinski definition) is 1. The van der Waals surface area contributed by atoms with E-state index >= 15 is 0 Å². The second kappa shape index (κ2) is 5.03. The molecule has 104 valence electrons. The predicted molar refractivity (Wildman–Crippen MR) is 68.4 cm³/mol. The number of carboxylic acid groups (broad SMARTS) is 1. The quantitative estimate of drug-likeness (QED) is 0.890. The minimum Gasteiger partial charge on any atom is -0.481 e. The number of aryl methyl sites for hydroxylation is 1. The number of aliphatic carboxylic acids is 1. The van der Waals surface area contributed by atoms with Crippen molar-refractivity contribution in [1.82, 2.24) is 14.7 Å². The SMILES string of the molecule is CCn1nccc1C1C(C(=O)O)CC(=O)N1C(C)C. The number of carbonyl (C=O) groups is 2. The number of aromatic nitrogens is 2. The first-order valence-corrected chi connectivity index (χ1v) is 6.53. The zero-order valence-electron chi connectivity index (χ0n) is 11.4. The van der Waals surface area contributed by atoms with Crippen molar-refractivity contribution in [3.8, 4) is 0 Å². The van der Waals surface area contributed by atoms with E-state index in [1.807, 2.05) is 20.8 Å². The molecule has 0 radical (unpaired) electrons. The summed E-state index contributed by atoms with van der Waals surface area (Å²) in [5, 5.41) is 13.5. The van der Waals surface area contributed by atoms with Gasteiger partial charge in [0.15, 0.2) is 0 Å². The van der Waals surface area contributed by atoms with Crippen LogP contribution in [0.5, 0.6) is 0 Å². The largest absolute Gasteiger partial charge is 0.481 e. The van der Waals surface area contributed by atoms with Gasteiger partial charge in [-0.2, -0.15) is 5.10 Å². The number of nitrogens with zero attached hydrogens (tertiary/aromatic N) is 3. The predicted octanol–water partition coefficient (Wildman–Crippen LogP) is 1.29. The van der Waals surface area contributed by atoms with Crippen LogP contribution in [-0.4, -0.2) is 37.7 Å². The van der Waals surface area contributed by atoms with E-state index in [-0.39, 0.29) is 18.4 Å². The van der Waals surface area contributed by atoms with Crippen LogP contribution in [0.25, 0.3) is 0 Å². The van der Waals surface area contributed by atoms with Gasteiger partial charge in [0.1, 0.15) is 0 Å². The Kier molecular flexibility index (Phi) is 3.59. The van der Waals surface area contributed by atoms with E-state index < -0.39 is 17.9 Å². The topological polar surface area (TPSA) is 75.4 Å². The lowest BCUT2D eigenvalue weighted by atomic mass is 9.97. The fraction of sp³-hybridized carbons (Fsp3) is 0.615. The van der Waals surface area contributed by atoms with E-state index in [4.69, 9.17) is 0 Å². The molecule has 6 heteroatoms. The Morgan fingerprint density at radius 2 is 2.26 bits per heavy atom. The molecule has 0 aliphatic carbocycles. The number of likely N-dealkylation sites (tertiary alicyclic amines) is 1. The summed E-state index contributed by atoms with van der Waals surface area (Å²) < 4.78 is 1.76. The summed E-state index contributed by atoms with van der Waals surface area (Å²) in [5.74, 6) is -1.72. The van der Waals surface area contributed by atoms with Gasteiger partial charge in [-0.3, -0.25) is 14.3 Å². The minimum absolute atomic E-state index is 0.0259. The highest BCUT2D eigenvalue weighted by molar-refractivity contribution is 5.87. The molecular weight excluding hydrogens is 246 g/mol. The molecule has 1 fully saturated rings. The second-order valence-electron chi connectivity index (χ2n) is 5.06. The molecule has 0 bridgehead atoms. The Bertz CT molecular complexity index is 495. The molecule has 1 aromatic heterocycles. The molecule has 1 N–H and O–H groups in total. The second-order valence-corrected chi connectivity index (χ2v) is 5.06. The molecule has 0 saturated carbocycles. The highest BCUT2D eigenvalue weighted by atomic mass is 16.4. The maximum absolute atomic E-state index is 12.1. The normalized spacial score (nSPS) is 23.4. The van der Waals surface area contributed by atoms with E-state index in [0.717, 1.165) is 5.69 Å². The first-order valence-electron chi connectivity index (χ1n) is 6.53. The Labute approximate surface area is 112 Å². The van der Waals surface area contributed by atoms with Crippen molar-refractivity contribution in [2.45, 2.75) is 45.8 Å². The van der Waals surface area contributed by atoms with E-state index in [1.54, 1.807) is 21.8 Å². The van der Waals surface area contributed by atoms with Gasteiger partial charge in [0.2, 0.25) is 5.91 Å². The average Bonchev–Trinajstić information content (AvgIpc) is 2.91. The standard InChI is InChI=1S/C13H19N3O3/c1-4-15-10(5-6-14-15)12-9(13(18)19)7-11(17)16(12)8(2)3/h5-6,8-9,12H,4,7H2,1-3H3,(H,18,19). The maximum Gasteiger partial charge on any atom is 0.309 e. The fourth-order valence-electron chi connectivity index (χ4n) is 2.79. The summed E-state index contributed by atoms with van der Waals surface area (Å²) >= 11 is 0. The van der Waals surface area contributed by atoms with Crippen LogP contribution < -0.4 is 0 Å². The van der Waals surface area contributed by atoms with Crippen molar-refractivity contribution in [3.63, 3.8) is 0 Å². The third-order valence-corrected chi connectivity index (χ3v) is 3.59. The van der Waals surface area contributed by atoms with Gasteiger partial charge in [0, 0.05) is 25.2 Å². The van der Waals surface area contributed by atoms with Gasteiger partial charge in [0.25, 0.3) is 0 Å². The molecule has 1 aliphatic rings. The maximum atomic E-state index is 12.1. The molecule has 1 aliphatic heterocycles. The minimum atomic E-state index is -0.926. The highest BCUT2D eigenvalue weighted by Crippen LogP contribution is 2.39. The van der Waals surface area contributed by atoms with Crippen LogP contribution in [0.4, 0.5) is 0 Å². The van der Waals surface area contributed by atoms with Crippen molar-refractivity contribution in [1.29, 1.82) is 0 Å². The Balaban J connectivity index is 2.46. The summed E-state index contributed by atoms with van der Waals surface area (Å²) in [4.78, 5) is 25.1. The van der Waals surface area contributed by atoms with Crippen molar-refractivity contribution in [2.75, 3.05) is 0 Å². The molecule has 2 atom stereocenters. The summed E-state index contributed by atoms with van der Waals surface area (Å²) in [5.41, 5.74) is 0.800. The number of hydrogen-bond acceptors (Lipinski definition) is 3. The van der Waals surface area contributed by atoms with E-state index in [0.29, 0.717) is 6.54 Å². The van der Waals surface area contributed by atoms with Gasteiger partial charge in [0.05, 0.1) is 17.7 Å². The van der Waals surface area contributed by atoms with Gasteiger partial charge < -0.3 is 10.0 Å². The van der Waals surface area contributed by atoms with Crippen LogP contribution in [0.15, 0.2) is 12.3 Å². The molecule has 0 spiro atoms. The molecule has 1 amide bonds. The number of carboxylic acids is 1. The van der Waals surface area contributed by atoms with Gasteiger partial charge in [-0.15, -0.1) is 0 Å². The lowest BCUT2D eigenvalue weighted by Gasteiger charge is -2.30. The molecular formula is C13H19N3O3. The molecule has 6 nitrogen and oxygen atoms in total. The average molecular weight is 265 g/mol. The first kappa shape index (κ1) is 13.6. The molecule has 19 heavy (non-hydrogen) atoms. The van der Waals surface area contributed by atoms with E-state index in [2.05, 4.69) is 5.10 Å². The Morgan fingerprint density at radius 3 is 2.79 bits per heavy atom. The zero-order chi connectivity index (χ0) is 14.2. The summed E-state index contributed by atoms with van der Waals surface area (Å²) in [6.07, 6.45) is 1.71. The Hall–Kier alpha value is -1.85. The van der Waals surface area contributed by atoms with Crippen molar-refractivity contribution in [2.24, 2.45) is 5.92 Å². The number of rotatable bonds is 4. The summed E-state index contributed by atoms with van der Waals surface area (Å²) in [6, 6.07) is 1.35. The molecule has 1 saturated heterocycles. The van der Waals surface area contributed by atoms with Crippen LogP contribution in [0.2, 0.25) is 0 Å². The first-order chi connectivity index (χ1) is 8.97. The lowest BCUT2D eigenvalue weighted by molar-refractivity contribution is -0.142. The molecule has 2 heterocycles. The van der Waals surface area contributed by atoms with Crippen LogP contribution in [-0.2, 0) is 16.1 Å². The van der Waals surface area contributed by atoms with Gasteiger partial charge in [-0.1, -0.05) is 0 Å². The van der Waals surface area contributed by atoms with Crippen LogP contribution in [0.3, 0.4) is 0 Å². The molecule has 2 unspecified atom stereocenters. The van der Waals surface area contributed by atoms with Gasteiger partial charge >= 0.3 is 5.97 Å². The summed E-state index contributed by atoms with van der Waals surface area (Å²) in [6.45, 7) is 6.41. The summed E-state index contributed by atoms with van der Waals surface area (Å²) in [7, 11) is 0. The van der Waals surface area contributed by atoms with Crippen LogP contribution >= 0.6 is 0 Å². The van der Waals surface area contributed by atoms with Gasteiger partial charge in [-0.25, -0.2) is 0 Å². The Morgan fingerprint density at radius 1 is 1.58 bits per heavy atom. The monoisotopic (exact) mass is 265 g/mol. The lowest BCUT2D eigenvalue weighted by Crippen LogP contribution is -2.37. The third-order valence-electron chi connectivity index (χ3n) is 3.59. The van der Waals surface area contributed by atoms with E-state index in [1.165, 1.54) is 0 Å². The van der Waals surface area contributed by atoms with E-state index in [9.17, 15) is 14.7 Å². The molecule has 1 aromatic rings. The van der Waals surface area contributed by atoms with Crippen LogP contribution in [0, 0.1) is 5.92 Å². The third kappa shape index (κ3) is 2.22. The highest BCUT2D eigenvalue weighted by Gasteiger charge is 2.46. The van der Waals surface area contributed by atoms with Crippen LogP contribution in [0.1, 0.15) is 38.9 Å².